The number of aromatic nitrogens is 4. The fourth-order valence-corrected chi connectivity index (χ4v) is 4.85. The minimum absolute atomic E-state index is 0.182. The van der Waals surface area contributed by atoms with Crippen molar-refractivity contribution >= 4 is 28.6 Å². The van der Waals surface area contributed by atoms with Gasteiger partial charge in [-0.15, -0.1) is 5.10 Å². The van der Waals surface area contributed by atoms with E-state index in [-0.39, 0.29) is 18.2 Å². The summed E-state index contributed by atoms with van der Waals surface area (Å²) in [5.41, 5.74) is 5.39. The number of nitrogens with zero attached hydrogens (tertiary/aromatic N) is 4. The average molecular weight is 454 g/mol. The van der Waals surface area contributed by atoms with E-state index in [9.17, 15) is 14.4 Å². The molecule has 9 nitrogen and oxygen atoms in total. The molecule has 4 heterocycles. The number of hydrogen-bond donors (Lipinski definition) is 2. The maximum Gasteiger partial charge on any atom is 0.255 e. The van der Waals surface area contributed by atoms with Crippen molar-refractivity contribution in [3.8, 4) is 11.3 Å². The average Bonchev–Trinajstić information content (AvgIpc) is 3.55. The van der Waals surface area contributed by atoms with Gasteiger partial charge >= 0.3 is 0 Å². The van der Waals surface area contributed by atoms with E-state index < -0.39 is 11.9 Å². The Hall–Kier alpha value is -4.27. The van der Waals surface area contributed by atoms with E-state index in [1.165, 1.54) is 10.9 Å². The molecule has 2 aliphatic rings. The lowest BCUT2D eigenvalue weighted by atomic mass is 10.0. The van der Waals surface area contributed by atoms with Gasteiger partial charge in [-0.05, 0) is 42.2 Å². The van der Waals surface area contributed by atoms with E-state index in [2.05, 4.69) is 32.7 Å². The number of carbonyl (C=O) groups is 3. The summed E-state index contributed by atoms with van der Waals surface area (Å²) >= 11 is 0. The summed E-state index contributed by atoms with van der Waals surface area (Å²) in [4.78, 5) is 41.4. The van der Waals surface area contributed by atoms with Crippen LogP contribution in [0.15, 0.2) is 54.9 Å². The number of nitrogens with one attached hydrogen (secondary N) is 2. The number of imide groups is 1. The van der Waals surface area contributed by atoms with Crippen LogP contribution < -0.4 is 5.32 Å². The third kappa shape index (κ3) is 3.45. The van der Waals surface area contributed by atoms with E-state index in [4.69, 9.17) is 0 Å². The first-order valence-corrected chi connectivity index (χ1v) is 11.3. The van der Waals surface area contributed by atoms with Gasteiger partial charge < -0.3 is 9.88 Å². The third-order valence-corrected chi connectivity index (χ3v) is 6.64. The second-order valence-corrected chi connectivity index (χ2v) is 8.75. The smallest absolute Gasteiger partial charge is 0.255 e. The van der Waals surface area contributed by atoms with E-state index in [1.807, 2.05) is 41.3 Å². The highest BCUT2D eigenvalue weighted by molar-refractivity contribution is 6.05. The van der Waals surface area contributed by atoms with E-state index >= 15 is 0 Å². The fraction of sp³-hybridized carbons (Fsp3) is 0.240. The Morgan fingerprint density at radius 2 is 1.97 bits per heavy atom. The quantitative estimate of drug-likeness (QED) is 0.450. The van der Waals surface area contributed by atoms with Gasteiger partial charge in [-0.2, -0.15) is 0 Å². The predicted molar refractivity (Wildman–Crippen MR) is 124 cm³/mol. The Bertz CT molecular complexity index is 1450. The molecule has 0 bridgehead atoms. The number of rotatable bonds is 5. The molecule has 1 saturated heterocycles. The highest BCUT2D eigenvalue weighted by Gasteiger charge is 2.39. The van der Waals surface area contributed by atoms with Gasteiger partial charge in [-0.3, -0.25) is 24.4 Å². The molecule has 1 unspecified atom stereocenters. The van der Waals surface area contributed by atoms with Crippen LogP contribution in [-0.2, 0) is 29.1 Å². The molecule has 1 fully saturated rings. The normalized spacial score (nSPS) is 17.9. The van der Waals surface area contributed by atoms with Gasteiger partial charge in [0.1, 0.15) is 11.7 Å². The molecule has 6 rings (SSSR count). The molecule has 9 heteroatoms. The molecule has 2 aromatic carbocycles. The molecule has 1 atom stereocenters. The Kier molecular flexibility index (Phi) is 4.75. The third-order valence-electron chi connectivity index (χ3n) is 6.64. The van der Waals surface area contributed by atoms with Crippen molar-refractivity contribution in [2.75, 3.05) is 0 Å². The van der Waals surface area contributed by atoms with Crippen LogP contribution in [0.5, 0.6) is 0 Å². The largest absolute Gasteiger partial charge is 0.361 e. The van der Waals surface area contributed by atoms with Crippen LogP contribution in [0.2, 0.25) is 0 Å². The van der Waals surface area contributed by atoms with Gasteiger partial charge in [-0.1, -0.05) is 29.5 Å². The second-order valence-electron chi connectivity index (χ2n) is 8.75. The van der Waals surface area contributed by atoms with Crippen LogP contribution in [0.25, 0.3) is 22.2 Å². The number of piperidine rings is 1. The lowest BCUT2D eigenvalue weighted by molar-refractivity contribution is -0.136. The Morgan fingerprint density at radius 1 is 1.09 bits per heavy atom. The Balaban J connectivity index is 1.17. The number of para-hydroxylation sites is 1. The summed E-state index contributed by atoms with van der Waals surface area (Å²) in [5.74, 6) is -0.880. The number of amides is 3. The highest BCUT2D eigenvalue weighted by atomic mass is 16.2. The van der Waals surface area contributed by atoms with E-state index in [1.54, 1.807) is 11.0 Å². The predicted octanol–water partition coefficient (Wildman–Crippen LogP) is 2.43. The molecular formula is C25H22N6O3. The number of benzene rings is 2. The first kappa shape index (κ1) is 20.3. The summed E-state index contributed by atoms with van der Waals surface area (Å²) in [5, 5.41) is 12.2. The summed E-state index contributed by atoms with van der Waals surface area (Å²) in [6, 6.07) is 13.2. The lowest BCUT2D eigenvalue weighted by Crippen LogP contribution is -2.52. The number of carbonyl (C=O) groups excluding carboxylic acids is 3. The van der Waals surface area contributed by atoms with Crippen molar-refractivity contribution in [1.29, 1.82) is 0 Å². The standard InChI is InChI=1S/C25H22N6O3/c32-23-8-7-22(24(33)27-23)31-13-17-11-15(5-6-19(17)25(31)34)21-14-30(29-28-21)10-9-16-12-26-20-4-2-1-3-18(16)20/h1-6,11-12,14,22,26H,7-10,13H2,(H,27,32,33). The molecule has 0 saturated carbocycles. The molecular weight excluding hydrogens is 432 g/mol. The molecule has 2 aliphatic heterocycles. The molecule has 0 spiro atoms. The summed E-state index contributed by atoms with van der Waals surface area (Å²) in [6.07, 6.45) is 5.36. The van der Waals surface area contributed by atoms with Crippen molar-refractivity contribution < 1.29 is 14.4 Å². The molecule has 34 heavy (non-hydrogen) atoms. The van der Waals surface area contributed by atoms with Crippen LogP contribution >= 0.6 is 0 Å². The van der Waals surface area contributed by atoms with Crippen molar-refractivity contribution in [3.63, 3.8) is 0 Å². The molecule has 170 valence electrons. The number of aryl methyl sites for hydroxylation is 2. The molecule has 2 aromatic heterocycles. The summed E-state index contributed by atoms with van der Waals surface area (Å²) in [7, 11) is 0. The van der Waals surface area contributed by atoms with Crippen molar-refractivity contribution in [1.82, 2.24) is 30.2 Å². The fourth-order valence-electron chi connectivity index (χ4n) is 4.85. The molecule has 3 amide bonds. The van der Waals surface area contributed by atoms with Crippen molar-refractivity contribution in [2.45, 2.75) is 38.4 Å². The molecule has 4 aromatic rings. The van der Waals surface area contributed by atoms with Crippen LogP contribution in [-0.4, -0.2) is 48.6 Å². The van der Waals surface area contributed by atoms with Crippen LogP contribution in [0.1, 0.15) is 34.3 Å². The van der Waals surface area contributed by atoms with E-state index in [0.29, 0.717) is 25.1 Å². The van der Waals surface area contributed by atoms with Gasteiger partial charge in [0, 0.05) is 47.7 Å². The second kappa shape index (κ2) is 7.95. The monoisotopic (exact) mass is 454 g/mol. The minimum Gasteiger partial charge on any atom is -0.361 e. The first-order chi connectivity index (χ1) is 16.6. The maximum atomic E-state index is 12.9. The van der Waals surface area contributed by atoms with E-state index in [0.717, 1.165) is 28.8 Å². The van der Waals surface area contributed by atoms with Crippen molar-refractivity contribution in [3.05, 3.63) is 71.5 Å². The lowest BCUT2D eigenvalue weighted by Gasteiger charge is -2.29. The highest BCUT2D eigenvalue weighted by Crippen LogP contribution is 2.30. The first-order valence-electron chi connectivity index (χ1n) is 11.3. The van der Waals surface area contributed by atoms with Gasteiger partial charge in [0.15, 0.2) is 0 Å². The summed E-state index contributed by atoms with van der Waals surface area (Å²) in [6.45, 7) is 1.03. The van der Waals surface area contributed by atoms with Crippen LogP contribution in [0.4, 0.5) is 0 Å². The Labute approximate surface area is 194 Å². The van der Waals surface area contributed by atoms with Crippen molar-refractivity contribution in [2.24, 2.45) is 0 Å². The van der Waals surface area contributed by atoms with Crippen LogP contribution in [0, 0.1) is 0 Å². The minimum atomic E-state index is -0.619. The zero-order chi connectivity index (χ0) is 23.2. The molecule has 0 aliphatic carbocycles. The van der Waals surface area contributed by atoms with Gasteiger partial charge in [0.25, 0.3) is 5.91 Å². The SMILES string of the molecule is O=C1CCC(N2Cc3cc(-c4cn(CCc5c[nH]c6ccccc56)nn4)ccc3C2=O)C(=O)N1. The number of fused-ring (bicyclic) bond motifs is 2. The molecule has 0 radical (unpaired) electrons. The Morgan fingerprint density at radius 3 is 2.85 bits per heavy atom. The topological polar surface area (TPSA) is 113 Å². The van der Waals surface area contributed by atoms with Gasteiger partial charge in [0.2, 0.25) is 11.8 Å². The number of aromatic amines is 1. The zero-order valence-electron chi connectivity index (χ0n) is 18.3. The van der Waals surface area contributed by atoms with Gasteiger partial charge in [-0.25, -0.2) is 0 Å². The van der Waals surface area contributed by atoms with Gasteiger partial charge in [0.05, 0.1) is 6.20 Å². The summed E-state index contributed by atoms with van der Waals surface area (Å²) < 4.78 is 1.82. The molecule has 2 N–H and O–H groups in total. The zero-order valence-corrected chi connectivity index (χ0v) is 18.3. The number of hydrogen-bond acceptors (Lipinski definition) is 5. The number of H-pyrrole nitrogens is 1. The van der Waals surface area contributed by atoms with Crippen LogP contribution in [0.3, 0.4) is 0 Å². The maximum absolute atomic E-state index is 12.9.